The van der Waals surface area contributed by atoms with E-state index in [-0.39, 0.29) is 22.1 Å². The van der Waals surface area contributed by atoms with E-state index in [0.29, 0.717) is 29.1 Å². The molecule has 7 rings (SSSR count). The minimum absolute atomic E-state index is 0.0961. The number of sulfonamides is 1. The number of aromatic nitrogens is 2. The molecular formula is C40H37ClN6O4S2. The second-order valence-electron chi connectivity index (χ2n) is 12.9. The number of anilines is 3. The molecule has 2 heterocycles. The zero-order valence-electron chi connectivity index (χ0n) is 28.7. The van der Waals surface area contributed by atoms with Crippen LogP contribution in [0, 0.1) is 16.0 Å². The number of nitro benzene ring substituents is 1. The molecule has 0 spiro atoms. The Labute approximate surface area is 317 Å². The van der Waals surface area contributed by atoms with Crippen molar-refractivity contribution in [2.75, 3.05) is 40.3 Å². The normalized spacial score (nSPS) is 13.6. The van der Waals surface area contributed by atoms with Crippen molar-refractivity contribution in [3.8, 4) is 11.1 Å². The molecule has 270 valence electrons. The second-order valence-corrected chi connectivity index (χ2v) is 16.1. The average molecular weight is 765 g/mol. The smallest absolute Gasteiger partial charge is 0.293 e. The molecule has 53 heavy (non-hydrogen) atoms. The molecular weight excluding hydrogens is 728 g/mol. The summed E-state index contributed by atoms with van der Waals surface area (Å²) in [6.07, 6.45) is 4.29. The number of halogens is 1. The fraction of sp³-hybridized carbons (Fsp3) is 0.200. The standard InChI is InChI=1S/C40H37ClN6O4S2/c41-31-11-14-35(29-7-3-1-4-8-29)30(24-31)23-28-17-20-46(21-18-28)32-12-15-36-38(25-32)43-27-44-40(36)45-53(50,51)34-13-16-37(39(26-34)47(48)49)42-19-22-52-33-9-5-2-6-10-33/h1-16,24-28,42H,17-23H2,(H,43,44,45). The first-order valence-electron chi connectivity index (χ1n) is 17.3. The van der Waals surface area contributed by atoms with Crippen LogP contribution in [0.25, 0.3) is 22.0 Å². The maximum atomic E-state index is 13.5. The zero-order chi connectivity index (χ0) is 36.8. The summed E-state index contributed by atoms with van der Waals surface area (Å²) in [5.41, 5.74) is 5.16. The van der Waals surface area contributed by atoms with Gasteiger partial charge in [0.15, 0.2) is 5.82 Å². The third kappa shape index (κ3) is 8.73. The fourth-order valence-corrected chi connectivity index (χ4v) is 8.73. The predicted molar refractivity (Wildman–Crippen MR) is 215 cm³/mol. The summed E-state index contributed by atoms with van der Waals surface area (Å²) in [6.45, 7) is 2.20. The van der Waals surface area contributed by atoms with Gasteiger partial charge in [0.2, 0.25) is 0 Å². The van der Waals surface area contributed by atoms with E-state index in [9.17, 15) is 18.5 Å². The van der Waals surface area contributed by atoms with Crippen LogP contribution in [0.1, 0.15) is 18.4 Å². The van der Waals surface area contributed by atoms with E-state index in [2.05, 4.69) is 61.3 Å². The highest BCUT2D eigenvalue weighted by molar-refractivity contribution is 7.99. The third-order valence-corrected chi connectivity index (χ3v) is 12.0. The number of fused-ring (bicyclic) bond motifs is 1. The maximum Gasteiger partial charge on any atom is 0.293 e. The summed E-state index contributed by atoms with van der Waals surface area (Å²) in [6, 6.07) is 35.9. The number of hydrogen-bond donors (Lipinski definition) is 2. The molecule has 13 heteroatoms. The van der Waals surface area contributed by atoms with Gasteiger partial charge in [-0.25, -0.2) is 18.4 Å². The van der Waals surface area contributed by atoms with Gasteiger partial charge in [0, 0.05) is 52.4 Å². The molecule has 1 aliphatic rings. The molecule has 0 bridgehead atoms. The average Bonchev–Trinajstić information content (AvgIpc) is 3.17. The number of thioether (sulfide) groups is 1. The van der Waals surface area contributed by atoms with Crippen molar-refractivity contribution in [2.45, 2.75) is 29.1 Å². The highest BCUT2D eigenvalue weighted by atomic mass is 35.5. The summed E-state index contributed by atoms with van der Waals surface area (Å²) in [5, 5.41) is 16.3. The Bertz CT molecular complexity index is 2340. The van der Waals surface area contributed by atoms with Crippen LogP contribution in [0.2, 0.25) is 5.02 Å². The van der Waals surface area contributed by atoms with Crippen LogP contribution in [-0.4, -0.2) is 48.7 Å². The third-order valence-electron chi connectivity index (χ3n) is 9.40. The van der Waals surface area contributed by atoms with E-state index < -0.39 is 14.9 Å². The Morgan fingerprint density at radius 3 is 2.40 bits per heavy atom. The summed E-state index contributed by atoms with van der Waals surface area (Å²) >= 11 is 8.04. The van der Waals surface area contributed by atoms with E-state index in [1.807, 2.05) is 60.7 Å². The fourth-order valence-electron chi connectivity index (χ4n) is 6.70. The van der Waals surface area contributed by atoms with Crippen LogP contribution < -0.4 is 14.9 Å². The molecule has 0 amide bonds. The van der Waals surface area contributed by atoms with Crippen LogP contribution >= 0.6 is 23.4 Å². The number of nitro groups is 1. The van der Waals surface area contributed by atoms with Crippen LogP contribution in [0.4, 0.5) is 22.9 Å². The topological polar surface area (TPSA) is 130 Å². The molecule has 2 N–H and O–H groups in total. The maximum absolute atomic E-state index is 13.5. The highest BCUT2D eigenvalue weighted by Gasteiger charge is 2.24. The monoisotopic (exact) mass is 764 g/mol. The minimum atomic E-state index is -4.22. The molecule has 1 fully saturated rings. The van der Waals surface area contributed by atoms with Gasteiger partial charge in [-0.3, -0.25) is 14.8 Å². The second kappa shape index (κ2) is 16.2. The molecule has 6 aromatic rings. The molecule has 10 nitrogen and oxygen atoms in total. The van der Waals surface area contributed by atoms with Gasteiger partial charge in [0.1, 0.15) is 12.0 Å². The Hall–Kier alpha value is -5.17. The van der Waals surface area contributed by atoms with Crippen molar-refractivity contribution in [1.29, 1.82) is 0 Å². The molecule has 0 unspecified atom stereocenters. The van der Waals surface area contributed by atoms with Gasteiger partial charge in [-0.05, 0) is 96.5 Å². The number of nitrogens with zero attached hydrogens (tertiary/aromatic N) is 4. The molecule has 1 aromatic heterocycles. The van der Waals surface area contributed by atoms with E-state index in [0.717, 1.165) is 54.0 Å². The molecule has 0 atom stereocenters. The first-order valence-corrected chi connectivity index (χ1v) is 20.1. The molecule has 0 radical (unpaired) electrons. The van der Waals surface area contributed by atoms with E-state index >= 15 is 0 Å². The van der Waals surface area contributed by atoms with Gasteiger partial charge in [-0.2, -0.15) is 0 Å². The number of benzene rings is 5. The molecule has 1 aliphatic heterocycles. The van der Waals surface area contributed by atoms with E-state index in [4.69, 9.17) is 11.6 Å². The Balaban J connectivity index is 1.01. The number of rotatable bonds is 13. The Morgan fingerprint density at radius 1 is 0.887 bits per heavy atom. The van der Waals surface area contributed by atoms with Crippen molar-refractivity contribution in [3.05, 3.63) is 142 Å². The SMILES string of the molecule is O=[N+]([O-])c1cc(S(=O)(=O)Nc2ncnc3cc(N4CCC(Cc5cc(Cl)ccc5-c5ccccc5)CC4)ccc23)ccc1NCCSc1ccccc1. The van der Waals surface area contributed by atoms with Crippen LogP contribution in [0.3, 0.4) is 0 Å². The number of hydrogen-bond acceptors (Lipinski definition) is 9. The van der Waals surface area contributed by atoms with Crippen molar-refractivity contribution in [2.24, 2.45) is 5.92 Å². The van der Waals surface area contributed by atoms with Gasteiger partial charge < -0.3 is 10.2 Å². The Morgan fingerprint density at radius 2 is 1.64 bits per heavy atom. The van der Waals surface area contributed by atoms with Crippen LogP contribution in [0.15, 0.2) is 131 Å². The van der Waals surface area contributed by atoms with Crippen molar-refractivity contribution >= 4 is 67.2 Å². The van der Waals surface area contributed by atoms with Gasteiger partial charge in [0.05, 0.1) is 15.3 Å². The van der Waals surface area contributed by atoms with E-state index in [1.165, 1.54) is 35.2 Å². The first-order chi connectivity index (χ1) is 25.7. The van der Waals surface area contributed by atoms with Gasteiger partial charge in [0.25, 0.3) is 15.7 Å². The summed E-state index contributed by atoms with van der Waals surface area (Å²) in [5.74, 6) is 1.28. The van der Waals surface area contributed by atoms with Gasteiger partial charge in [-0.15, -0.1) is 11.8 Å². The van der Waals surface area contributed by atoms with Crippen LogP contribution in [-0.2, 0) is 16.4 Å². The molecule has 0 aliphatic carbocycles. The van der Waals surface area contributed by atoms with E-state index in [1.54, 1.807) is 11.8 Å². The van der Waals surface area contributed by atoms with Crippen molar-refractivity contribution in [1.82, 2.24) is 9.97 Å². The summed E-state index contributed by atoms with van der Waals surface area (Å²) in [7, 11) is -4.22. The lowest BCUT2D eigenvalue weighted by Gasteiger charge is -2.34. The zero-order valence-corrected chi connectivity index (χ0v) is 31.1. The van der Waals surface area contributed by atoms with Crippen molar-refractivity contribution < 1.29 is 13.3 Å². The van der Waals surface area contributed by atoms with Crippen LogP contribution in [0.5, 0.6) is 0 Å². The van der Waals surface area contributed by atoms with Gasteiger partial charge >= 0.3 is 0 Å². The quantitative estimate of drug-likeness (QED) is 0.0511. The van der Waals surface area contributed by atoms with Crippen molar-refractivity contribution in [3.63, 3.8) is 0 Å². The molecule has 0 saturated carbocycles. The first kappa shape index (κ1) is 36.2. The minimum Gasteiger partial charge on any atom is -0.379 e. The largest absolute Gasteiger partial charge is 0.379 e. The van der Waals surface area contributed by atoms with Gasteiger partial charge in [-0.1, -0.05) is 66.2 Å². The lowest BCUT2D eigenvalue weighted by molar-refractivity contribution is -0.384. The summed E-state index contributed by atoms with van der Waals surface area (Å²) < 4.78 is 29.6. The molecule has 1 saturated heterocycles. The lowest BCUT2D eigenvalue weighted by atomic mass is 9.87. The molecule has 5 aromatic carbocycles. The number of piperidine rings is 1. The summed E-state index contributed by atoms with van der Waals surface area (Å²) in [4.78, 5) is 23.2. The number of nitrogens with one attached hydrogen (secondary N) is 2. The highest BCUT2D eigenvalue weighted by Crippen LogP contribution is 2.34. The Kier molecular flexibility index (Phi) is 11.1. The lowest BCUT2D eigenvalue weighted by Crippen LogP contribution is -2.34. The predicted octanol–water partition coefficient (Wildman–Crippen LogP) is 9.32.